The predicted molar refractivity (Wildman–Crippen MR) is 177 cm³/mol. The molecule has 47 heavy (non-hydrogen) atoms. The number of halogens is 1. The SMILES string of the molecule is CC(C)(C)OC(=O)N1CCc2cc(N3C(=O)C4(CC4)c4cnc(NC5CCN(C(=O)OCc6ccccc6)CC5)nc43)c(Cl)cc2C1. The number of nitrogens with one attached hydrogen (secondary N) is 1. The van der Waals surface area contributed by atoms with Crippen LogP contribution >= 0.6 is 11.6 Å². The molecular weight excluding hydrogens is 620 g/mol. The number of anilines is 3. The fourth-order valence-corrected chi connectivity index (χ4v) is 6.90. The Hall–Kier alpha value is -4.38. The van der Waals surface area contributed by atoms with E-state index in [-0.39, 0.29) is 30.7 Å². The Balaban J connectivity index is 1.04. The molecule has 246 valence electrons. The number of benzene rings is 2. The lowest BCUT2D eigenvalue weighted by molar-refractivity contribution is -0.119. The van der Waals surface area contributed by atoms with Gasteiger partial charge in [-0.05, 0) is 81.7 Å². The second kappa shape index (κ2) is 12.0. The summed E-state index contributed by atoms with van der Waals surface area (Å²) in [5.41, 5.74) is 3.16. The third-order valence-corrected chi connectivity index (χ3v) is 9.63. The molecule has 7 rings (SSSR count). The second-order valence-corrected chi connectivity index (χ2v) is 14.2. The Morgan fingerprint density at radius 3 is 2.47 bits per heavy atom. The second-order valence-electron chi connectivity index (χ2n) is 13.8. The van der Waals surface area contributed by atoms with Gasteiger partial charge in [-0.3, -0.25) is 9.69 Å². The lowest BCUT2D eigenvalue weighted by Crippen LogP contribution is -2.42. The Labute approximate surface area is 279 Å². The number of hydrogen-bond donors (Lipinski definition) is 1. The van der Waals surface area contributed by atoms with Crippen LogP contribution in [-0.2, 0) is 39.3 Å². The van der Waals surface area contributed by atoms with E-state index in [0.29, 0.717) is 67.9 Å². The van der Waals surface area contributed by atoms with Crippen molar-refractivity contribution in [1.82, 2.24) is 19.8 Å². The summed E-state index contributed by atoms with van der Waals surface area (Å²) in [5, 5.41) is 3.86. The summed E-state index contributed by atoms with van der Waals surface area (Å²) >= 11 is 6.88. The van der Waals surface area contributed by atoms with Crippen LogP contribution in [0.25, 0.3) is 0 Å². The molecule has 0 atom stereocenters. The standard InChI is InChI=1S/C35H39ClN6O5/c1-34(2,3)47-33(45)41-14-9-23-18-28(27(36)17-24(23)20-41)42-29-26(35(12-13-35)30(42)43)19-37-31(39-29)38-25-10-15-40(16-11-25)32(44)46-21-22-7-5-4-6-8-22/h4-8,17-19,25H,9-16,20-21H2,1-3H3,(H,37,38,39). The molecule has 0 unspecified atom stereocenters. The van der Waals surface area contributed by atoms with Crippen LogP contribution in [-0.4, -0.2) is 69.1 Å². The van der Waals surface area contributed by atoms with Crippen LogP contribution in [0.4, 0.5) is 27.0 Å². The van der Waals surface area contributed by atoms with E-state index >= 15 is 0 Å². The number of likely N-dealkylation sites (tertiary alicyclic amines) is 1. The Morgan fingerprint density at radius 1 is 1.02 bits per heavy atom. The smallest absolute Gasteiger partial charge is 0.410 e. The van der Waals surface area contributed by atoms with Crippen molar-refractivity contribution in [1.29, 1.82) is 0 Å². The normalized spacial score (nSPS) is 18.6. The fraction of sp³-hybridized carbons (Fsp3) is 0.457. The maximum absolute atomic E-state index is 13.9. The number of carbonyl (C=O) groups excluding carboxylic acids is 3. The molecule has 0 bridgehead atoms. The summed E-state index contributed by atoms with van der Waals surface area (Å²) in [6.45, 7) is 7.81. The van der Waals surface area contributed by atoms with Gasteiger partial charge in [-0.1, -0.05) is 41.9 Å². The van der Waals surface area contributed by atoms with Gasteiger partial charge in [0.25, 0.3) is 0 Å². The lowest BCUT2D eigenvalue weighted by atomic mass is 9.98. The first kappa shape index (κ1) is 31.2. The summed E-state index contributed by atoms with van der Waals surface area (Å²) in [5.74, 6) is 0.959. The van der Waals surface area contributed by atoms with Gasteiger partial charge >= 0.3 is 12.2 Å². The summed E-state index contributed by atoms with van der Waals surface area (Å²) in [7, 11) is 0. The molecule has 1 aromatic heterocycles. The van der Waals surface area contributed by atoms with Crippen LogP contribution in [0, 0.1) is 0 Å². The molecule has 1 spiro atoms. The van der Waals surface area contributed by atoms with Gasteiger partial charge in [-0.25, -0.2) is 14.6 Å². The van der Waals surface area contributed by atoms with Crippen LogP contribution in [0.15, 0.2) is 48.7 Å². The van der Waals surface area contributed by atoms with Crippen molar-refractivity contribution in [3.8, 4) is 0 Å². The molecule has 3 aromatic rings. The minimum absolute atomic E-state index is 0.0330. The lowest BCUT2D eigenvalue weighted by Gasteiger charge is -2.32. The van der Waals surface area contributed by atoms with Crippen molar-refractivity contribution >= 4 is 47.1 Å². The summed E-state index contributed by atoms with van der Waals surface area (Å²) < 4.78 is 11.1. The summed E-state index contributed by atoms with van der Waals surface area (Å²) in [6.07, 6.45) is 4.65. The molecule has 1 saturated carbocycles. The zero-order valence-corrected chi connectivity index (χ0v) is 27.7. The molecule has 4 aliphatic rings. The van der Waals surface area contributed by atoms with Gasteiger partial charge in [0.05, 0.1) is 16.1 Å². The molecule has 1 N–H and O–H groups in total. The summed E-state index contributed by atoms with van der Waals surface area (Å²) in [6, 6.07) is 13.5. The maximum Gasteiger partial charge on any atom is 0.410 e. The van der Waals surface area contributed by atoms with E-state index in [1.54, 1.807) is 20.9 Å². The number of ether oxygens (including phenoxy) is 2. The number of piperidine rings is 1. The van der Waals surface area contributed by atoms with Gasteiger partial charge in [-0.2, -0.15) is 4.98 Å². The van der Waals surface area contributed by atoms with Crippen LogP contribution < -0.4 is 10.2 Å². The predicted octanol–water partition coefficient (Wildman–Crippen LogP) is 6.35. The topological polar surface area (TPSA) is 117 Å². The molecule has 3 amide bonds. The Morgan fingerprint density at radius 2 is 1.77 bits per heavy atom. The Kier molecular flexibility index (Phi) is 7.98. The van der Waals surface area contributed by atoms with E-state index < -0.39 is 11.0 Å². The average molecular weight is 659 g/mol. The monoisotopic (exact) mass is 658 g/mol. The highest BCUT2D eigenvalue weighted by Crippen LogP contribution is 2.59. The molecule has 11 nitrogen and oxygen atoms in total. The first-order valence-corrected chi connectivity index (χ1v) is 16.6. The first-order valence-electron chi connectivity index (χ1n) is 16.2. The van der Waals surface area contributed by atoms with Gasteiger partial charge in [0.15, 0.2) is 0 Å². The van der Waals surface area contributed by atoms with E-state index in [2.05, 4.69) is 10.3 Å². The van der Waals surface area contributed by atoms with E-state index in [0.717, 1.165) is 35.1 Å². The van der Waals surface area contributed by atoms with Gasteiger partial charge in [0, 0.05) is 44.0 Å². The van der Waals surface area contributed by atoms with Gasteiger partial charge < -0.3 is 24.6 Å². The number of nitrogens with zero attached hydrogens (tertiary/aromatic N) is 5. The van der Waals surface area contributed by atoms with Crippen LogP contribution in [0.2, 0.25) is 5.02 Å². The first-order chi connectivity index (χ1) is 22.5. The van der Waals surface area contributed by atoms with Crippen LogP contribution in [0.5, 0.6) is 0 Å². The molecule has 2 aromatic carbocycles. The Bertz CT molecular complexity index is 1720. The number of aromatic nitrogens is 2. The number of carbonyl (C=O) groups is 3. The molecule has 1 aliphatic carbocycles. The third-order valence-electron chi connectivity index (χ3n) is 9.32. The highest BCUT2D eigenvalue weighted by atomic mass is 35.5. The van der Waals surface area contributed by atoms with E-state index in [1.807, 2.05) is 63.2 Å². The van der Waals surface area contributed by atoms with Crippen molar-refractivity contribution in [2.24, 2.45) is 0 Å². The maximum atomic E-state index is 13.9. The van der Waals surface area contributed by atoms with Crippen molar-refractivity contribution in [3.63, 3.8) is 0 Å². The van der Waals surface area contributed by atoms with Crippen LogP contribution in [0.3, 0.4) is 0 Å². The quantitative estimate of drug-likeness (QED) is 0.337. The molecule has 12 heteroatoms. The molecule has 2 fully saturated rings. The van der Waals surface area contributed by atoms with Crippen molar-refractivity contribution in [2.45, 2.75) is 83.1 Å². The summed E-state index contributed by atoms with van der Waals surface area (Å²) in [4.78, 5) is 53.9. The van der Waals surface area contributed by atoms with E-state index in [1.165, 1.54) is 0 Å². The third kappa shape index (κ3) is 6.20. The van der Waals surface area contributed by atoms with E-state index in [4.69, 9.17) is 26.1 Å². The van der Waals surface area contributed by atoms with Gasteiger partial charge in [0.2, 0.25) is 11.9 Å². The molecule has 4 heterocycles. The average Bonchev–Trinajstić information content (AvgIpc) is 3.82. The number of rotatable bonds is 5. The highest BCUT2D eigenvalue weighted by Gasteiger charge is 2.61. The van der Waals surface area contributed by atoms with Gasteiger partial charge in [-0.15, -0.1) is 0 Å². The zero-order chi connectivity index (χ0) is 32.9. The molecular formula is C35H39ClN6O5. The number of fused-ring (bicyclic) bond motifs is 3. The highest BCUT2D eigenvalue weighted by molar-refractivity contribution is 6.34. The molecule has 1 saturated heterocycles. The van der Waals surface area contributed by atoms with Crippen molar-refractivity contribution in [2.75, 3.05) is 29.9 Å². The van der Waals surface area contributed by atoms with Crippen molar-refractivity contribution in [3.05, 3.63) is 75.9 Å². The zero-order valence-electron chi connectivity index (χ0n) is 26.9. The number of amides is 3. The van der Waals surface area contributed by atoms with Crippen LogP contribution in [0.1, 0.15) is 68.7 Å². The van der Waals surface area contributed by atoms with Gasteiger partial charge in [0.1, 0.15) is 18.0 Å². The minimum Gasteiger partial charge on any atom is -0.445 e. The molecule has 0 radical (unpaired) electrons. The van der Waals surface area contributed by atoms with E-state index in [9.17, 15) is 14.4 Å². The largest absolute Gasteiger partial charge is 0.445 e. The number of hydrogen-bond acceptors (Lipinski definition) is 8. The van der Waals surface area contributed by atoms with Crippen molar-refractivity contribution < 1.29 is 23.9 Å². The molecule has 3 aliphatic heterocycles. The minimum atomic E-state index is -0.605. The fourth-order valence-electron chi connectivity index (χ4n) is 6.63.